The molecule has 1 unspecified atom stereocenters. The highest BCUT2D eigenvalue weighted by Crippen LogP contribution is 2.38. The van der Waals surface area contributed by atoms with Crippen LogP contribution in [0.25, 0.3) is 22.1 Å². The van der Waals surface area contributed by atoms with Crippen molar-refractivity contribution in [3.63, 3.8) is 0 Å². The van der Waals surface area contributed by atoms with Crippen LogP contribution < -0.4 is 0 Å². The van der Waals surface area contributed by atoms with Gasteiger partial charge in [-0.15, -0.1) is 0 Å². The molecule has 1 saturated heterocycles. The Morgan fingerprint density at radius 2 is 1.81 bits per heavy atom. The van der Waals surface area contributed by atoms with Gasteiger partial charge in [0.05, 0.1) is 18.4 Å². The maximum absolute atomic E-state index is 13.3. The number of nitrogens with zero attached hydrogens (tertiary/aromatic N) is 1. The summed E-state index contributed by atoms with van der Waals surface area (Å²) in [5.41, 5.74) is 0.262. The summed E-state index contributed by atoms with van der Waals surface area (Å²) in [5, 5.41) is 0.353. The number of likely N-dealkylation sites (tertiary alicyclic amines) is 1. The van der Waals surface area contributed by atoms with Gasteiger partial charge in [-0.2, -0.15) is 13.2 Å². The van der Waals surface area contributed by atoms with E-state index >= 15 is 0 Å². The highest BCUT2D eigenvalue weighted by Gasteiger charge is 2.34. The molecule has 7 heteroatoms. The number of carbonyl (C=O) groups excluding carboxylic acids is 1. The van der Waals surface area contributed by atoms with Crippen molar-refractivity contribution in [1.29, 1.82) is 0 Å². The first kappa shape index (κ1) is 17.6. The van der Waals surface area contributed by atoms with E-state index < -0.39 is 17.9 Å². The SMILES string of the molecule is O=C(c1ccc(-c2cc(C(F)(F)F)c3occc3c2)cc1)N1CCC(F)C1. The zero-order valence-corrected chi connectivity index (χ0v) is 14.1. The van der Waals surface area contributed by atoms with Crippen LogP contribution in [0.4, 0.5) is 17.6 Å². The van der Waals surface area contributed by atoms with Gasteiger partial charge in [-0.1, -0.05) is 12.1 Å². The maximum Gasteiger partial charge on any atom is 0.420 e. The lowest BCUT2D eigenvalue weighted by atomic mass is 9.99. The van der Waals surface area contributed by atoms with Crippen LogP contribution in [-0.4, -0.2) is 30.1 Å². The molecule has 2 heterocycles. The standard InChI is InChI=1S/C20H15F4NO2/c21-16-5-7-25(11-16)19(26)13-3-1-12(2-4-13)15-9-14-6-8-27-18(14)17(10-15)20(22,23)24/h1-4,6,8-10,16H,5,7,11H2. The van der Waals surface area contributed by atoms with E-state index in [0.29, 0.717) is 35.0 Å². The van der Waals surface area contributed by atoms with Gasteiger partial charge in [-0.05, 0) is 47.9 Å². The van der Waals surface area contributed by atoms with Gasteiger partial charge in [0.1, 0.15) is 11.8 Å². The molecular weight excluding hydrogens is 362 g/mol. The van der Waals surface area contributed by atoms with Gasteiger partial charge in [0.25, 0.3) is 5.91 Å². The van der Waals surface area contributed by atoms with Gasteiger partial charge >= 0.3 is 6.18 Å². The van der Waals surface area contributed by atoms with E-state index in [-0.39, 0.29) is 18.0 Å². The van der Waals surface area contributed by atoms with Crippen LogP contribution in [0.1, 0.15) is 22.3 Å². The molecule has 3 nitrogen and oxygen atoms in total. The molecule has 1 aliphatic rings. The second-order valence-corrected chi connectivity index (χ2v) is 6.57. The van der Waals surface area contributed by atoms with Crippen LogP contribution >= 0.6 is 0 Å². The molecule has 1 atom stereocenters. The second-order valence-electron chi connectivity index (χ2n) is 6.57. The number of amides is 1. The molecule has 1 fully saturated rings. The summed E-state index contributed by atoms with van der Waals surface area (Å²) in [6, 6.07) is 10.4. The van der Waals surface area contributed by atoms with Gasteiger partial charge in [-0.25, -0.2) is 4.39 Å². The number of alkyl halides is 4. The van der Waals surface area contributed by atoms with Crippen molar-refractivity contribution in [3.8, 4) is 11.1 Å². The molecule has 3 aromatic rings. The van der Waals surface area contributed by atoms with Crippen LogP contribution in [0.15, 0.2) is 53.1 Å². The second kappa shape index (κ2) is 6.40. The van der Waals surface area contributed by atoms with E-state index in [0.717, 1.165) is 6.07 Å². The van der Waals surface area contributed by atoms with Crippen LogP contribution in [0.3, 0.4) is 0 Å². The number of furan rings is 1. The lowest BCUT2D eigenvalue weighted by molar-refractivity contribution is -0.136. The van der Waals surface area contributed by atoms with E-state index in [1.807, 2.05) is 0 Å². The quantitative estimate of drug-likeness (QED) is 0.568. The Morgan fingerprint density at radius 3 is 2.44 bits per heavy atom. The predicted molar refractivity (Wildman–Crippen MR) is 92.1 cm³/mol. The smallest absolute Gasteiger partial charge is 0.420 e. The van der Waals surface area contributed by atoms with E-state index in [1.165, 1.54) is 17.2 Å². The molecule has 0 saturated carbocycles. The summed E-state index contributed by atoms with van der Waals surface area (Å²) in [4.78, 5) is 13.8. The van der Waals surface area contributed by atoms with Crippen molar-refractivity contribution in [3.05, 3.63) is 59.9 Å². The molecule has 0 aliphatic carbocycles. The van der Waals surface area contributed by atoms with Crippen LogP contribution in [0.5, 0.6) is 0 Å². The van der Waals surface area contributed by atoms with Crippen LogP contribution in [0, 0.1) is 0 Å². The molecule has 1 amide bonds. The molecule has 1 aromatic heterocycles. The number of benzene rings is 2. The van der Waals surface area contributed by atoms with Crippen molar-refractivity contribution in [1.82, 2.24) is 4.90 Å². The first-order chi connectivity index (χ1) is 12.8. The first-order valence-corrected chi connectivity index (χ1v) is 8.45. The fourth-order valence-electron chi connectivity index (χ4n) is 3.35. The molecule has 0 N–H and O–H groups in total. The number of hydrogen-bond donors (Lipinski definition) is 0. The number of carbonyl (C=O) groups is 1. The lowest BCUT2D eigenvalue weighted by Crippen LogP contribution is -2.28. The lowest BCUT2D eigenvalue weighted by Gasteiger charge is -2.15. The van der Waals surface area contributed by atoms with Gasteiger partial charge in [0.2, 0.25) is 0 Å². The minimum atomic E-state index is -4.54. The topological polar surface area (TPSA) is 33.5 Å². The average Bonchev–Trinajstić information content (AvgIpc) is 3.28. The van der Waals surface area contributed by atoms with Crippen molar-refractivity contribution in [2.24, 2.45) is 0 Å². The third kappa shape index (κ3) is 3.29. The Kier molecular flexibility index (Phi) is 4.17. The summed E-state index contributed by atoms with van der Waals surface area (Å²) in [6.45, 7) is 0.445. The van der Waals surface area contributed by atoms with E-state index in [1.54, 1.807) is 30.3 Å². The number of fused-ring (bicyclic) bond motifs is 1. The van der Waals surface area contributed by atoms with E-state index in [4.69, 9.17) is 4.42 Å². The molecule has 0 bridgehead atoms. The van der Waals surface area contributed by atoms with Gasteiger partial charge < -0.3 is 9.32 Å². The zero-order valence-electron chi connectivity index (χ0n) is 14.1. The van der Waals surface area contributed by atoms with E-state index in [2.05, 4.69) is 0 Å². The molecule has 0 radical (unpaired) electrons. The molecule has 0 spiro atoms. The number of rotatable bonds is 2. The summed E-state index contributed by atoms with van der Waals surface area (Å²) in [5.74, 6) is -0.275. The summed E-state index contributed by atoms with van der Waals surface area (Å²) in [7, 11) is 0. The normalized spacial score (nSPS) is 17.6. The summed E-state index contributed by atoms with van der Waals surface area (Å²) >= 11 is 0. The highest BCUT2D eigenvalue weighted by molar-refractivity contribution is 5.95. The third-order valence-electron chi connectivity index (χ3n) is 4.74. The fraction of sp³-hybridized carbons (Fsp3) is 0.250. The first-order valence-electron chi connectivity index (χ1n) is 8.45. The van der Waals surface area contributed by atoms with Crippen molar-refractivity contribution in [2.75, 3.05) is 13.1 Å². The van der Waals surface area contributed by atoms with Gasteiger partial charge in [0.15, 0.2) is 0 Å². The van der Waals surface area contributed by atoms with Crippen LogP contribution in [0.2, 0.25) is 0 Å². The molecule has 2 aromatic carbocycles. The molecule has 4 rings (SSSR count). The Balaban J connectivity index is 1.67. The Labute approximate surface area is 152 Å². The summed E-state index contributed by atoms with van der Waals surface area (Å²) < 4.78 is 58.2. The van der Waals surface area contributed by atoms with Gasteiger partial charge in [-0.3, -0.25) is 4.79 Å². The minimum Gasteiger partial charge on any atom is -0.464 e. The number of halogens is 4. The minimum absolute atomic E-state index is 0.0761. The van der Waals surface area contributed by atoms with Crippen molar-refractivity contribution < 1.29 is 26.8 Å². The monoisotopic (exact) mass is 377 g/mol. The van der Waals surface area contributed by atoms with E-state index in [9.17, 15) is 22.4 Å². The fourth-order valence-corrected chi connectivity index (χ4v) is 3.35. The Hall–Kier alpha value is -2.83. The average molecular weight is 377 g/mol. The predicted octanol–water partition coefficient (Wildman–Crippen LogP) is 5.30. The molecule has 27 heavy (non-hydrogen) atoms. The molecule has 140 valence electrons. The molecular formula is C20H15F4NO2. The number of hydrogen-bond acceptors (Lipinski definition) is 2. The van der Waals surface area contributed by atoms with Crippen molar-refractivity contribution in [2.45, 2.75) is 18.8 Å². The Morgan fingerprint density at radius 1 is 1.07 bits per heavy atom. The van der Waals surface area contributed by atoms with Crippen LogP contribution in [-0.2, 0) is 6.18 Å². The largest absolute Gasteiger partial charge is 0.464 e. The maximum atomic E-state index is 13.3. The zero-order chi connectivity index (χ0) is 19.2. The Bertz CT molecular complexity index is 991. The van der Waals surface area contributed by atoms with Crippen molar-refractivity contribution >= 4 is 16.9 Å². The van der Waals surface area contributed by atoms with Gasteiger partial charge in [0, 0.05) is 17.5 Å². The third-order valence-corrected chi connectivity index (χ3v) is 4.74. The highest BCUT2D eigenvalue weighted by atomic mass is 19.4. The molecule has 1 aliphatic heterocycles. The summed E-state index contributed by atoms with van der Waals surface area (Å²) in [6.07, 6.45) is -3.99.